The number of carboxylic acid groups (broad SMARTS) is 1. The van der Waals surface area contributed by atoms with E-state index >= 15 is 0 Å². The van der Waals surface area contributed by atoms with E-state index in [0.717, 1.165) is 18.5 Å². The summed E-state index contributed by atoms with van der Waals surface area (Å²) in [6.07, 6.45) is 4.52. The highest BCUT2D eigenvalue weighted by molar-refractivity contribution is 7.98. The van der Waals surface area contributed by atoms with Crippen molar-refractivity contribution in [2.45, 2.75) is 38.6 Å². The number of carbonyl (C=O) groups is 3. The van der Waals surface area contributed by atoms with E-state index in [1.807, 2.05) is 6.26 Å². The monoisotopic (exact) mass is 275 g/mol. The molecular formula is C12H21NO4S. The zero-order valence-electron chi connectivity index (χ0n) is 10.8. The van der Waals surface area contributed by atoms with Crippen molar-refractivity contribution >= 4 is 29.9 Å². The van der Waals surface area contributed by atoms with E-state index in [2.05, 4.69) is 5.32 Å². The second-order valence-electron chi connectivity index (χ2n) is 4.18. The fraction of sp³-hybridized carbons (Fsp3) is 0.750. The molecule has 0 saturated carbocycles. The molecule has 2 atom stereocenters. The van der Waals surface area contributed by atoms with Gasteiger partial charge in [0.2, 0.25) is 5.91 Å². The molecule has 0 heterocycles. The molecule has 1 amide bonds. The van der Waals surface area contributed by atoms with Gasteiger partial charge in [-0.2, -0.15) is 11.8 Å². The number of amides is 1. The van der Waals surface area contributed by atoms with Crippen LogP contribution >= 0.6 is 11.8 Å². The SMILES string of the molecule is CSCC[C@H](C)C(=O)NC(CCCC=O)C(=O)O. The Balaban J connectivity index is 4.17. The average molecular weight is 275 g/mol. The lowest BCUT2D eigenvalue weighted by molar-refractivity contribution is -0.142. The smallest absolute Gasteiger partial charge is 0.326 e. The van der Waals surface area contributed by atoms with Crippen LogP contribution in [0.1, 0.15) is 32.6 Å². The zero-order valence-corrected chi connectivity index (χ0v) is 11.7. The lowest BCUT2D eigenvalue weighted by Crippen LogP contribution is -2.43. The van der Waals surface area contributed by atoms with Gasteiger partial charge in [0.1, 0.15) is 12.3 Å². The Bertz CT molecular complexity index is 283. The van der Waals surface area contributed by atoms with Crippen LogP contribution in [0.2, 0.25) is 0 Å². The molecule has 1 unspecified atom stereocenters. The first-order chi connectivity index (χ1) is 8.52. The van der Waals surface area contributed by atoms with Gasteiger partial charge in [0, 0.05) is 12.3 Å². The number of carbonyl (C=O) groups excluding carboxylic acids is 2. The Morgan fingerprint density at radius 2 is 2.06 bits per heavy atom. The summed E-state index contributed by atoms with van der Waals surface area (Å²) >= 11 is 1.65. The van der Waals surface area contributed by atoms with Gasteiger partial charge in [-0.15, -0.1) is 0 Å². The number of aldehydes is 1. The maximum absolute atomic E-state index is 11.7. The number of hydrogen-bond donors (Lipinski definition) is 2. The maximum atomic E-state index is 11.7. The lowest BCUT2D eigenvalue weighted by atomic mass is 10.1. The van der Waals surface area contributed by atoms with Gasteiger partial charge < -0.3 is 15.2 Å². The summed E-state index contributed by atoms with van der Waals surface area (Å²) in [4.78, 5) is 32.9. The molecule has 0 aliphatic rings. The van der Waals surface area contributed by atoms with E-state index in [-0.39, 0.29) is 18.2 Å². The number of unbranched alkanes of at least 4 members (excludes halogenated alkanes) is 1. The van der Waals surface area contributed by atoms with Crippen LogP contribution < -0.4 is 5.32 Å². The molecule has 5 nitrogen and oxygen atoms in total. The first kappa shape index (κ1) is 17.0. The van der Waals surface area contributed by atoms with Gasteiger partial charge in [-0.05, 0) is 31.3 Å². The highest BCUT2D eigenvalue weighted by Crippen LogP contribution is 2.08. The first-order valence-corrected chi connectivity index (χ1v) is 7.38. The van der Waals surface area contributed by atoms with E-state index in [4.69, 9.17) is 5.11 Å². The molecule has 0 aromatic rings. The van der Waals surface area contributed by atoms with E-state index < -0.39 is 12.0 Å². The zero-order chi connectivity index (χ0) is 14.0. The third-order valence-electron chi connectivity index (χ3n) is 2.63. The van der Waals surface area contributed by atoms with Crippen LogP contribution in [0.3, 0.4) is 0 Å². The fourth-order valence-corrected chi connectivity index (χ4v) is 1.99. The summed E-state index contributed by atoms with van der Waals surface area (Å²) in [5.41, 5.74) is 0. The molecule has 0 aliphatic heterocycles. The van der Waals surface area contributed by atoms with Crippen molar-refractivity contribution in [3.8, 4) is 0 Å². The molecule has 0 fully saturated rings. The van der Waals surface area contributed by atoms with E-state index in [9.17, 15) is 14.4 Å². The predicted octanol–water partition coefficient (Wildman–Crippen LogP) is 1.31. The molecule has 2 N–H and O–H groups in total. The third kappa shape index (κ3) is 7.32. The molecule has 0 saturated heterocycles. The van der Waals surface area contributed by atoms with Gasteiger partial charge in [-0.25, -0.2) is 4.79 Å². The Morgan fingerprint density at radius 3 is 2.56 bits per heavy atom. The average Bonchev–Trinajstić information content (AvgIpc) is 2.34. The molecule has 0 bridgehead atoms. The molecule has 6 heteroatoms. The highest BCUT2D eigenvalue weighted by atomic mass is 32.2. The van der Waals surface area contributed by atoms with Crippen LogP contribution in [-0.2, 0) is 14.4 Å². The minimum absolute atomic E-state index is 0.189. The van der Waals surface area contributed by atoms with Gasteiger partial charge in [0.05, 0.1) is 0 Å². The number of nitrogens with one attached hydrogen (secondary N) is 1. The molecule has 104 valence electrons. The molecule has 18 heavy (non-hydrogen) atoms. The van der Waals surface area contributed by atoms with Crippen molar-refractivity contribution in [1.82, 2.24) is 5.32 Å². The van der Waals surface area contributed by atoms with Gasteiger partial charge >= 0.3 is 5.97 Å². The first-order valence-electron chi connectivity index (χ1n) is 5.98. The number of rotatable bonds is 10. The topological polar surface area (TPSA) is 83.5 Å². The van der Waals surface area contributed by atoms with E-state index in [1.165, 1.54) is 0 Å². The normalized spacial score (nSPS) is 13.7. The van der Waals surface area contributed by atoms with Crippen molar-refractivity contribution in [2.75, 3.05) is 12.0 Å². The quantitative estimate of drug-likeness (QED) is 0.464. The molecule has 0 rings (SSSR count). The van der Waals surface area contributed by atoms with Gasteiger partial charge in [0.25, 0.3) is 0 Å². The fourth-order valence-electron chi connectivity index (χ4n) is 1.40. The van der Waals surface area contributed by atoms with Crippen LogP contribution in [0.4, 0.5) is 0 Å². The van der Waals surface area contributed by atoms with Gasteiger partial charge in [-0.1, -0.05) is 6.92 Å². The highest BCUT2D eigenvalue weighted by Gasteiger charge is 2.22. The van der Waals surface area contributed by atoms with Crippen LogP contribution in [0.25, 0.3) is 0 Å². The Morgan fingerprint density at radius 1 is 1.39 bits per heavy atom. The lowest BCUT2D eigenvalue weighted by Gasteiger charge is -2.17. The second-order valence-corrected chi connectivity index (χ2v) is 5.17. The van der Waals surface area contributed by atoms with Crippen molar-refractivity contribution in [3.05, 3.63) is 0 Å². The molecule has 0 aromatic carbocycles. The maximum Gasteiger partial charge on any atom is 0.326 e. The van der Waals surface area contributed by atoms with Gasteiger partial charge in [0.15, 0.2) is 0 Å². The summed E-state index contributed by atoms with van der Waals surface area (Å²) in [7, 11) is 0. The van der Waals surface area contributed by atoms with Crippen molar-refractivity contribution in [1.29, 1.82) is 0 Å². The number of thioether (sulfide) groups is 1. The van der Waals surface area contributed by atoms with Crippen LogP contribution in [0.5, 0.6) is 0 Å². The van der Waals surface area contributed by atoms with Crippen LogP contribution in [0, 0.1) is 5.92 Å². The summed E-state index contributed by atoms with van der Waals surface area (Å²) < 4.78 is 0. The minimum atomic E-state index is -1.05. The minimum Gasteiger partial charge on any atom is -0.480 e. The Hall–Kier alpha value is -1.04. The number of aliphatic carboxylic acids is 1. The standard InChI is InChI=1S/C12H21NO4S/c1-9(6-8-18-2)11(15)13-10(12(16)17)5-3-4-7-14/h7,9-10H,3-6,8H2,1-2H3,(H,13,15)(H,16,17)/t9-,10?/m0/s1. The van der Waals surface area contributed by atoms with E-state index in [1.54, 1.807) is 18.7 Å². The van der Waals surface area contributed by atoms with Crippen LogP contribution in [-0.4, -0.2) is 41.3 Å². The van der Waals surface area contributed by atoms with Crippen molar-refractivity contribution < 1.29 is 19.5 Å². The third-order valence-corrected chi connectivity index (χ3v) is 3.28. The predicted molar refractivity (Wildman–Crippen MR) is 71.6 cm³/mol. The van der Waals surface area contributed by atoms with Crippen molar-refractivity contribution in [2.24, 2.45) is 5.92 Å². The Kier molecular flexibility index (Phi) is 9.36. The summed E-state index contributed by atoms with van der Waals surface area (Å²) in [5, 5.41) is 11.5. The molecule has 0 radical (unpaired) electrons. The summed E-state index contributed by atoms with van der Waals surface area (Å²) in [6.45, 7) is 1.79. The number of hydrogen-bond acceptors (Lipinski definition) is 4. The van der Waals surface area contributed by atoms with Crippen LogP contribution in [0.15, 0.2) is 0 Å². The van der Waals surface area contributed by atoms with E-state index in [0.29, 0.717) is 12.8 Å². The molecular weight excluding hydrogens is 254 g/mol. The molecule has 0 spiro atoms. The Labute approximate surface area is 112 Å². The summed E-state index contributed by atoms with van der Waals surface area (Å²) in [5.74, 6) is -0.600. The second kappa shape index (κ2) is 9.94. The van der Waals surface area contributed by atoms with Gasteiger partial charge in [-0.3, -0.25) is 4.79 Å². The molecule has 0 aliphatic carbocycles. The number of carboxylic acids is 1. The molecule has 0 aromatic heterocycles. The largest absolute Gasteiger partial charge is 0.480 e. The van der Waals surface area contributed by atoms with Crippen molar-refractivity contribution in [3.63, 3.8) is 0 Å². The summed E-state index contributed by atoms with van der Waals surface area (Å²) in [6, 6.07) is -0.894.